The van der Waals surface area contributed by atoms with Gasteiger partial charge in [0.15, 0.2) is 0 Å². The minimum atomic E-state index is -2.52. The molecule has 0 amide bonds. The molecule has 0 spiro atoms. The molecule has 90 valence electrons. The molecule has 0 aliphatic heterocycles. The first-order valence-corrected chi connectivity index (χ1v) is 7.08. The van der Waals surface area contributed by atoms with E-state index in [9.17, 15) is 0 Å². The van der Waals surface area contributed by atoms with Gasteiger partial charge in [-0.3, -0.25) is 4.99 Å². The minimum absolute atomic E-state index is 0.495. The van der Waals surface area contributed by atoms with Gasteiger partial charge in [0.25, 0.3) is 0 Å². The van der Waals surface area contributed by atoms with Gasteiger partial charge < -0.3 is 13.3 Å². The van der Waals surface area contributed by atoms with E-state index in [-0.39, 0.29) is 0 Å². The molecule has 0 saturated heterocycles. The van der Waals surface area contributed by atoms with Gasteiger partial charge in [0, 0.05) is 27.0 Å². The first-order chi connectivity index (χ1) is 6.99. The van der Waals surface area contributed by atoms with E-state index in [1.54, 1.807) is 21.3 Å². The Labute approximate surface area is 94.0 Å². The zero-order valence-corrected chi connectivity index (χ0v) is 11.7. The van der Waals surface area contributed by atoms with Crippen LogP contribution >= 0.6 is 0 Å². The van der Waals surface area contributed by atoms with Crippen LogP contribution in [-0.2, 0) is 13.3 Å². The lowest BCUT2D eigenvalue weighted by Gasteiger charge is -2.22. The smallest absolute Gasteiger partial charge is 0.376 e. The molecule has 0 aliphatic carbocycles. The topological polar surface area (TPSA) is 40.0 Å². The first kappa shape index (κ1) is 14.8. The van der Waals surface area contributed by atoms with E-state index in [0.717, 1.165) is 12.1 Å². The standard InChI is InChI=1S/C10H23NO3Si/c1-9(2)7-10(3)11-8-15(12-4,13-5)14-6/h9H,7-8H2,1-6H3. The molecule has 0 aliphatic rings. The highest BCUT2D eigenvalue weighted by Gasteiger charge is 2.37. The van der Waals surface area contributed by atoms with Crippen LogP contribution < -0.4 is 0 Å². The average molecular weight is 233 g/mol. The quantitative estimate of drug-likeness (QED) is 0.498. The van der Waals surface area contributed by atoms with Crippen molar-refractivity contribution in [2.24, 2.45) is 10.9 Å². The van der Waals surface area contributed by atoms with Gasteiger partial charge in [-0.05, 0) is 19.3 Å². The molecule has 0 atom stereocenters. The summed E-state index contributed by atoms with van der Waals surface area (Å²) in [5, 5.41) is 0. The Morgan fingerprint density at radius 2 is 1.60 bits per heavy atom. The molecule has 0 radical (unpaired) electrons. The van der Waals surface area contributed by atoms with E-state index < -0.39 is 8.80 Å². The van der Waals surface area contributed by atoms with Crippen LogP contribution in [0, 0.1) is 5.92 Å². The maximum absolute atomic E-state index is 5.28. The maximum atomic E-state index is 5.28. The zero-order chi connectivity index (χ0) is 11.9. The Morgan fingerprint density at radius 1 is 1.13 bits per heavy atom. The summed E-state index contributed by atoms with van der Waals surface area (Å²) in [6.07, 6.45) is 1.50. The van der Waals surface area contributed by atoms with Crippen LogP contribution in [0.5, 0.6) is 0 Å². The summed E-state index contributed by atoms with van der Waals surface area (Å²) >= 11 is 0. The molecule has 0 aromatic rings. The number of hydrogen-bond donors (Lipinski definition) is 0. The van der Waals surface area contributed by atoms with Gasteiger partial charge in [0.2, 0.25) is 0 Å². The van der Waals surface area contributed by atoms with E-state index in [0.29, 0.717) is 12.1 Å². The molecular weight excluding hydrogens is 210 g/mol. The van der Waals surface area contributed by atoms with Crippen LogP contribution in [-0.4, -0.2) is 42.0 Å². The minimum Gasteiger partial charge on any atom is -0.376 e. The van der Waals surface area contributed by atoms with Gasteiger partial charge >= 0.3 is 8.80 Å². The normalized spacial score (nSPS) is 13.7. The van der Waals surface area contributed by atoms with Crippen molar-refractivity contribution >= 4 is 14.5 Å². The molecule has 4 nitrogen and oxygen atoms in total. The van der Waals surface area contributed by atoms with Crippen LogP contribution in [0.25, 0.3) is 0 Å². The summed E-state index contributed by atoms with van der Waals surface area (Å²) in [4.78, 5) is 4.45. The highest BCUT2D eigenvalue weighted by molar-refractivity contribution is 6.61. The van der Waals surface area contributed by atoms with Gasteiger partial charge in [0.05, 0.1) is 0 Å². The summed E-state index contributed by atoms with van der Waals surface area (Å²) < 4.78 is 15.8. The predicted molar refractivity (Wildman–Crippen MR) is 64.2 cm³/mol. The second kappa shape index (κ2) is 7.11. The SMILES string of the molecule is CO[Si](CN=C(C)CC(C)C)(OC)OC. The molecule has 0 rings (SSSR count). The largest absolute Gasteiger partial charge is 0.522 e. The average Bonchev–Trinajstić information content (AvgIpc) is 2.20. The third kappa shape index (κ3) is 5.41. The highest BCUT2D eigenvalue weighted by atomic mass is 28.4. The van der Waals surface area contributed by atoms with Gasteiger partial charge in [0.1, 0.15) is 6.17 Å². The predicted octanol–water partition coefficient (Wildman–Crippen LogP) is 1.91. The summed E-state index contributed by atoms with van der Waals surface area (Å²) in [5.41, 5.74) is 1.12. The molecule has 0 heterocycles. The van der Waals surface area contributed by atoms with Crippen molar-refractivity contribution in [1.82, 2.24) is 0 Å². The molecule has 0 aromatic heterocycles. The van der Waals surface area contributed by atoms with Gasteiger partial charge in [-0.15, -0.1) is 0 Å². The molecular formula is C10H23NO3Si. The Hall–Kier alpha value is -0.233. The zero-order valence-electron chi connectivity index (χ0n) is 10.7. The molecule has 15 heavy (non-hydrogen) atoms. The first-order valence-electron chi connectivity index (χ1n) is 5.15. The summed E-state index contributed by atoms with van der Waals surface area (Å²) in [6.45, 7) is 6.37. The Bertz CT molecular complexity index is 195. The molecule has 0 unspecified atom stereocenters. The monoisotopic (exact) mass is 233 g/mol. The van der Waals surface area contributed by atoms with E-state index in [1.165, 1.54) is 0 Å². The van der Waals surface area contributed by atoms with Crippen molar-refractivity contribution in [3.63, 3.8) is 0 Å². The molecule has 5 heteroatoms. The highest BCUT2D eigenvalue weighted by Crippen LogP contribution is 2.08. The van der Waals surface area contributed by atoms with Crippen molar-refractivity contribution in [2.45, 2.75) is 27.2 Å². The summed E-state index contributed by atoms with van der Waals surface area (Å²) in [7, 11) is 2.29. The lowest BCUT2D eigenvalue weighted by atomic mass is 10.1. The summed E-state index contributed by atoms with van der Waals surface area (Å²) in [6, 6.07) is 0. The van der Waals surface area contributed by atoms with E-state index >= 15 is 0 Å². The van der Waals surface area contributed by atoms with Gasteiger partial charge in [-0.2, -0.15) is 0 Å². The molecule has 0 N–H and O–H groups in total. The fraction of sp³-hybridized carbons (Fsp3) is 0.900. The van der Waals surface area contributed by atoms with Crippen LogP contribution in [0.1, 0.15) is 27.2 Å². The van der Waals surface area contributed by atoms with Crippen molar-refractivity contribution in [3.8, 4) is 0 Å². The second-order valence-electron chi connectivity index (χ2n) is 3.94. The van der Waals surface area contributed by atoms with Gasteiger partial charge in [-0.25, -0.2) is 0 Å². The third-order valence-electron chi connectivity index (χ3n) is 2.18. The maximum Gasteiger partial charge on any atom is 0.522 e. The second-order valence-corrected chi connectivity index (χ2v) is 6.85. The van der Waals surface area contributed by atoms with Gasteiger partial charge in [-0.1, -0.05) is 13.8 Å². The Morgan fingerprint density at radius 3 is 1.93 bits per heavy atom. The van der Waals surface area contributed by atoms with Crippen LogP contribution in [0.4, 0.5) is 0 Å². The van der Waals surface area contributed by atoms with E-state index in [4.69, 9.17) is 13.3 Å². The van der Waals surface area contributed by atoms with Crippen molar-refractivity contribution in [1.29, 1.82) is 0 Å². The Balaban J connectivity index is 4.30. The van der Waals surface area contributed by atoms with Crippen LogP contribution in [0.15, 0.2) is 4.99 Å². The van der Waals surface area contributed by atoms with Crippen molar-refractivity contribution in [3.05, 3.63) is 0 Å². The summed E-state index contributed by atoms with van der Waals surface area (Å²) in [5.74, 6) is 0.623. The van der Waals surface area contributed by atoms with E-state index in [1.807, 2.05) is 6.92 Å². The van der Waals surface area contributed by atoms with Crippen molar-refractivity contribution in [2.75, 3.05) is 27.5 Å². The number of nitrogens with zero attached hydrogens (tertiary/aromatic N) is 1. The molecule has 0 aromatic carbocycles. The fourth-order valence-corrected chi connectivity index (χ4v) is 2.68. The van der Waals surface area contributed by atoms with Crippen molar-refractivity contribution < 1.29 is 13.3 Å². The number of hydrogen-bond acceptors (Lipinski definition) is 4. The molecule has 0 fully saturated rings. The molecule has 0 bridgehead atoms. The Kier molecular flexibility index (Phi) is 7.00. The number of aliphatic imine (C=N–C) groups is 1. The fourth-order valence-electron chi connectivity index (χ4n) is 1.33. The van der Waals surface area contributed by atoms with E-state index in [2.05, 4.69) is 18.8 Å². The third-order valence-corrected chi connectivity index (χ3v) is 4.59. The van der Waals surface area contributed by atoms with Crippen LogP contribution in [0.3, 0.4) is 0 Å². The molecule has 0 saturated carbocycles. The number of rotatable bonds is 7. The lowest BCUT2D eigenvalue weighted by Crippen LogP contribution is -2.46. The lowest BCUT2D eigenvalue weighted by molar-refractivity contribution is 0.125. The van der Waals surface area contributed by atoms with Crippen LogP contribution in [0.2, 0.25) is 0 Å².